The van der Waals surface area contributed by atoms with Crippen LogP contribution in [0.1, 0.15) is 73.9 Å². The molecule has 0 radical (unpaired) electrons. The molecule has 0 saturated carbocycles. The summed E-state index contributed by atoms with van der Waals surface area (Å²) >= 11 is 0. The number of hydrogen-bond donors (Lipinski definition) is 1. The van der Waals surface area contributed by atoms with Crippen LogP contribution in [0.4, 0.5) is 5.95 Å². The van der Waals surface area contributed by atoms with Gasteiger partial charge in [0.2, 0.25) is 11.8 Å². The number of nitrogens with one attached hydrogen (secondary N) is 1. The largest absolute Gasteiger partial charge is 0.488 e. The lowest BCUT2D eigenvalue weighted by Gasteiger charge is -2.47. The van der Waals surface area contributed by atoms with Crippen LogP contribution in [0.3, 0.4) is 0 Å². The maximum Gasteiger partial charge on any atom is 0.264 e. The van der Waals surface area contributed by atoms with Crippen molar-refractivity contribution in [3.8, 4) is 22.9 Å². The standard InChI is InChI=1S/C35H40N6O5S/c1-20(2)27-13-14-29(33-36-17-25(18-37-33)46-21(3)4)41-30(27)19-45-31-16-28(32-22(5)9-7-10-23(32)6)38-35(39-31)40-47(43,44)26-12-8-11-24(15-26)34(41)42/h7-12,15-18,20-21,27,29-30H,13-14,19H2,1-6H3,(H,38,39,40). The predicted molar refractivity (Wildman–Crippen MR) is 178 cm³/mol. The molecule has 0 spiro atoms. The maximum absolute atomic E-state index is 14.6. The second-order valence-corrected chi connectivity index (χ2v) is 14.5. The van der Waals surface area contributed by atoms with Crippen LogP contribution in [-0.2, 0) is 10.0 Å². The average molecular weight is 657 g/mol. The van der Waals surface area contributed by atoms with Crippen molar-refractivity contribution in [1.82, 2.24) is 24.8 Å². The van der Waals surface area contributed by atoms with Crippen LogP contribution in [0.15, 0.2) is 65.8 Å². The summed E-state index contributed by atoms with van der Waals surface area (Å²) in [6.07, 6.45) is 4.66. The summed E-state index contributed by atoms with van der Waals surface area (Å²) in [7, 11) is -4.18. The lowest BCUT2D eigenvalue weighted by atomic mass is 9.78. The molecule has 6 rings (SSSR count). The lowest BCUT2D eigenvalue weighted by Crippen LogP contribution is -2.54. The van der Waals surface area contributed by atoms with Gasteiger partial charge < -0.3 is 14.4 Å². The van der Waals surface area contributed by atoms with E-state index in [1.165, 1.54) is 12.1 Å². The lowest BCUT2D eigenvalue weighted by molar-refractivity contribution is -0.00152. The van der Waals surface area contributed by atoms with Crippen LogP contribution in [-0.4, -0.2) is 57.9 Å². The number of carbonyl (C=O) groups is 1. The molecule has 0 aliphatic carbocycles. The van der Waals surface area contributed by atoms with E-state index in [-0.39, 0.29) is 52.7 Å². The van der Waals surface area contributed by atoms with Crippen molar-refractivity contribution in [3.63, 3.8) is 0 Å². The minimum atomic E-state index is -4.18. The molecule has 2 aromatic carbocycles. The first-order valence-corrected chi connectivity index (χ1v) is 17.4. The first-order valence-electron chi connectivity index (χ1n) is 15.9. The van der Waals surface area contributed by atoms with Gasteiger partial charge in [-0.25, -0.2) is 28.1 Å². The number of rotatable bonds is 5. The fourth-order valence-corrected chi connectivity index (χ4v) is 7.65. The van der Waals surface area contributed by atoms with Crippen LogP contribution in [0.5, 0.6) is 11.6 Å². The molecule has 2 aromatic heterocycles. The van der Waals surface area contributed by atoms with Crippen LogP contribution in [0.2, 0.25) is 0 Å². The number of carbonyl (C=O) groups excluding carboxylic acids is 1. The van der Waals surface area contributed by atoms with Gasteiger partial charge in [-0.2, -0.15) is 4.98 Å². The second kappa shape index (κ2) is 12.9. The summed E-state index contributed by atoms with van der Waals surface area (Å²) in [5, 5.41) is 0. The van der Waals surface area contributed by atoms with E-state index in [0.29, 0.717) is 23.7 Å². The summed E-state index contributed by atoms with van der Waals surface area (Å²) in [6.45, 7) is 12.2. The number of ether oxygens (including phenoxy) is 2. The molecule has 11 nitrogen and oxygen atoms in total. The SMILES string of the molecule is Cc1cccc(C)c1-c1cc2nc(n1)NS(=O)(=O)c1cccc(c1)C(=O)N1C(c3ncc(OC(C)C)cn3)CCC(C(C)C)C1CO2. The van der Waals surface area contributed by atoms with Crippen molar-refractivity contribution in [3.05, 3.63) is 83.4 Å². The average Bonchev–Trinajstić information content (AvgIpc) is 3.02. The Morgan fingerprint density at radius 1 is 0.957 bits per heavy atom. The number of piperidine rings is 1. The second-order valence-electron chi connectivity index (χ2n) is 12.9. The fraction of sp³-hybridized carbons (Fsp3) is 0.400. The van der Waals surface area contributed by atoms with Crippen molar-refractivity contribution in [1.29, 1.82) is 0 Å². The molecule has 4 heterocycles. The first kappa shape index (κ1) is 32.4. The Kier molecular flexibility index (Phi) is 8.88. The Bertz CT molecular complexity index is 1880. The Balaban J connectivity index is 1.50. The molecule has 1 fully saturated rings. The molecule has 1 saturated heterocycles. The monoisotopic (exact) mass is 656 g/mol. The number of fused-ring (bicyclic) bond motifs is 5. The molecule has 12 heteroatoms. The van der Waals surface area contributed by atoms with Gasteiger partial charge in [-0.3, -0.25) is 4.79 Å². The van der Waals surface area contributed by atoms with Gasteiger partial charge >= 0.3 is 0 Å². The van der Waals surface area contributed by atoms with E-state index >= 15 is 0 Å². The van der Waals surface area contributed by atoms with Gasteiger partial charge in [-0.15, -0.1) is 0 Å². The summed E-state index contributed by atoms with van der Waals surface area (Å²) in [5.41, 5.74) is 3.58. The predicted octanol–water partition coefficient (Wildman–Crippen LogP) is 6.15. The Morgan fingerprint density at radius 3 is 2.34 bits per heavy atom. The molecular weight excluding hydrogens is 616 g/mol. The molecule has 1 N–H and O–H groups in total. The number of amides is 1. The topological polar surface area (TPSA) is 136 Å². The van der Waals surface area contributed by atoms with E-state index in [0.717, 1.165) is 23.1 Å². The number of sulfonamides is 1. The molecule has 1 amide bonds. The summed E-state index contributed by atoms with van der Waals surface area (Å²) in [5.74, 6) is 1.08. The van der Waals surface area contributed by atoms with Gasteiger partial charge in [0, 0.05) is 17.2 Å². The Hall–Kier alpha value is -4.58. The molecule has 3 unspecified atom stereocenters. The summed E-state index contributed by atoms with van der Waals surface area (Å²) < 4.78 is 42.1. The van der Waals surface area contributed by atoms with Gasteiger partial charge in [-0.05, 0) is 81.7 Å². The number of aryl methyl sites for hydroxylation is 2. The van der Waals surface area contributed by atoms with Crippen LogP contribution in [0.25, 0.3) is 11.3 Å². The van der Waals surface area contributed by atoms with E-state index in [9.17, 15) is 13.2 Å². The normalized spacial score (nSPS) is 20.7. The zero-order chi connectivity index (χ0) is 33.5. The third-order valence-electron chi connectivity index (χ3n) is 8.83. The smallest absolute Gasteiger partial charge is 0.264 e. The third-order valence-corrected chi connectivity index (χ3v) is 10.2. The molecular formula is C35H40N6O5S. The molecule has 2 aliphatic rings. The highest BCUT2D eigenvalue weighted by atomic mass is 32.2. The molecule has 246 valence electrons. The van der Waals surface area contributed by atoms with E-state index in [2.05, 4.69) is 38.5 Å². The van der Waals surface area contributed by atoms with Gasteiger partial charge in [0.1, 0.15) is 6.61 Å². The molecule has 2 aliphatic heterocycles. The third kappa shape index (κ3) is 6.64. The number of benzene rings is 2. The van der Waals surface area contributed by atoms with E-state index in [4.69, 9.17) is 9.47 Å². The van der Waals surface area contributed by atoms with Crippen molar-refractivity contribution < 1.29 is 22.7 Å². The number of anilines is 1. The van der Waals surface area contributed by atoms with Crippen LogP contribution >= 0.6 is 0 Å². The number of hydrogen-bond acceptors (Lipinski definition) is 9. The molecule has 47 heavy (non-hydrogen) atoms. The fourth-order valence-electron chi connectivity index (χ4n) is 6.66. The quantitative estimate of drug-likeness (QED) is 0.268. The zero-order valence-electron chi connectivity index (χ0n) is 27.5. The van der Waals surface area contributed by atoms with Crippen LogP contribution in [0, 0.1) is 25.7 Å². The molecule has 3 atom stereocenters. The van der Waals surface area contributed by atoms with Crippen LogP contribution < -0.4 is 14.2 Å². The van der Waals surface area contributed by atoms with Crippen molar-refractivity contribution in [2.75, 3.05) is 11.3 Å². The highest BCUT2D eigenvalue weighted by Crippen LogP contribution is 2.41. The minimum absolute atomic E-state index is 0.0382. The van der Waals surface area contributed by atoms with Gasteiger partial charge in [-0.1, -0.05) is 38.1 Å². The van der Waals surface area contributed by atoms with Gasteiger partial charge in [0.25, 0.3) is 15.9 Å². The minimum Gasteiger partial charge on any atom is -0.488 e. The molecule has 4 aromatic rings. The number of nitrogens with zero attached hydrogens (tertiary/aromatic N) is 5. The number of aromatic nitrogens is 4. The Morgan fingerprint density at radius 2 is 1.66 bits per heavy atom. The zero-order valence-corrected chi connectivity index (χ0v) is 28.3. The maximum atomic E-state index is 14.6. The highest BCUT2D eigenvalue weighted by Gasteiger charge is 2.44. The van der Waals surface area contributed by atoms with Crippen molar-refractivity contribution >= 4 is 21.9 Å². The van der Waals surface area contributed by atoms with E-state index in [1.807, 2.05) is 45.9 Å². The van der Waals surface area contributed by atoms with Crippen molar-refractivity contribution in [2.45, 2.75) is 77.5 Å². The first-order chi connectivity index (χ1) is 22.4. The summed E-state index contributed by atoms with van der Waals surface area (Å²) in [6, 6.07) is 12.8. The summed E-state index contributed by atoms with van der Waals surface area (Å²) in [4.78, 5) is 34.6. The highest BCUT2D eigenvalue weighted by molar-refractivity contribution is 7.92. The molecule has 4 bridgehead atoms. The van der Waals surface area contributed by atoms with Gasteiger partial charge in [0.05, 0.1) is 41.2 Å². The van der Waals surface area contributed by atoms with Gasteiger partial charge in [0.15, 0.2) is 11.6 Å². The Labute approximate surface area is 275 Å². The van der Waals surface area contributed by atoms with E-state index < -0.39 is 22.1 Å². The van der Waals surface area contributed by atoms with E-state index in [1.54, 1.807) is 35.5 Å². The van der Waals surface area contributed by atoms with Crippen molar-refractivity contribution in [2.24, 2.45) is 11.8 Å².